The van der Waals surface area contributed by atoms with Crippen LogP contribution in [-0.4, -0.2) is 57.5 Å². The number of hydrogen-bond acceptors (Lipinski definition) is 6. The topological polar surface area (TPSA) is 102 Å². The third kappa shape index (κ3) is 6.30. The minimum absolute atomic E-state index is 0.147. The maximum atomic E-state index is 12.6. The third-order valence-electron chi connectivity index (χ3n) is 6.38. The van der Waals surface area contributed by atoms with Crippen LogP contribution < -0.4 is 5.32 Å². The molecule has 1 saturated heterocycles. The number of anilines is 1. The van der Waals surface area contributed by atoms with E-state index in [1.807, 2.05) is 0 Å². The number of benzene rings is 1. The summed E-state index contributed by atoms with van der Waals surface area (Å²) in [6.45, 7) is 7.73. The number of nitrogens with one attached hydrogen (secondary N) is 1. The Labute approximate surface area is 190 Å². The Bertz CT molecular complexity index is 893. The second-order valence-corrected chi connectivity index (χ2v) is 11.5. The highest BCUT2D eigenvalue weighted by molar-refractivity contribution is 7.89. The van der Waals surface area contributed by atoms with E-state index in [1.54, 1.807) is 0 Å². The van der Waals surface area contributed by atoms with Gasteiger partial charge in [-0.05, 0) is 61.3 Å². The molecule has 9 heteroatoms. The minimum atomic E-state index is -3.58. The molecule has 0 unspecified atom stereocenters. The molecule has 178 valence electrons. The van der Waals surface area contributed by atoms with Crippen molar-refractivity contribution in [2.75, 3.05) is 38.2 Å². The Hall–Kier alpha value is -1.97. The predicted molar refractivity (Wildman–Crippen MR) is 121 cm³/mol. The van der Waals surface area contributed by atoms with E-state index in [1.165, 1.54) is 28.6 Å². The van der Waals surface area contributed by atoms with Gasteiger partial charge in [-0.15, -0.1) is 0 Å². The van der Waals surface area contributed by atoms with E-state index in [2.05, 4.69) is 26.1 Å². The van der Waals surface area contributed by atoms with Crippen LogP contribution in [0.3, 0.4) is 0 Å². The number of ether oxygens (including phenoxy) is 2. The van der Waals surface area contributed by atoms with Crippen molar-refractivity contribution in [1.82, 2.24) is 4.31 Å². The number of amides is 1. The molecule has 0 atom stereocenters. The smallest absolute Gasteiger partial charge is 0.309 e. The average molecular weight is 467 g/mol. The Kier molecular flexibility index (Phi) is 7.95. The molecule has 1 aliphatic carbocycles. The molecule has 0 aromatic heterocycles. The van der Waals surface area contributed by atoms with Crippen LogP contribution in [0.15, 0.2) is 29.2 Å². The van der Waals surface area contributed by atoms with Gasteiger partial charge in [0, 0.05) is 18.8 Å². The quantitative estimate of drug-likeness (QED) is 0.647. The van der Waals surface area contributed by atoms with Crippen LogP contribution in [0.25, 0.3) is 0 Å². The van der Waals surface area contributed by atoms with Crippen molar-refractivity contribution in [3.8, 4) is 0 Å². The van der Waals surface area contributed by atoms with Crippen molar-refractivity contribution in [3.05, 3.63) is 24.3 Å². The number of carbonyl (C=O) groups excluding carboxylic acids is 2. The fourth-order valence-corrected chi connectivity index (χ4v) is 5.70. The van der Waals surface area contributed by atoms with Crippen molar-refractivity contribution in [3.63, 3.8) is 0 Å². The third-order valence-corrected chi connectivity index (χ3v) is 8.29. The van der Waals surface area contributed by atoms with Crippen LogP contribution in [0.5, 0.6) is 0 Å². The summed E-state index contributed by atoms with van der Waals surface area (Å²) in [7, 11) is -3.58. The number of sulfonamides is 1. The van der Waals surface area contributed by atoms with Gasteiger partial charge in [0.2, 0.25) is 10.0 Å². The van der Waals surface area contributed by atoms with Crippen molar-refractivity contribution in [1.29, 1.82) is 0 Å². The summed E-state index contributed by atoms with van der Waals surface area (Å²) in [5.74, 6) is -0.319. The SMILES string of the molecule is CC(C)(C)C1CCC(C(=O)OCC(=O)Nc2ccc(S(=O)(=O)N3CCOCC3)cc2)CC1. The lowest BCUT2D eigenvalue weighted by Crippen LogP contribution is -2.40. The molecule has 1 aromatic rings. The van der Waals surface area contributed by atoms with Crippen LogP contribution in [0.2, 0.25) is 0 Å². The van der Waals surface area contributed by atoms with E-state index >= 15 is 0 Å². The van der Waals surface area contributed by atoms with Gasteiger partial charge in [0.25, 0.3) is 5.91 Å². The molecule has 0 spiro atoms. The van der Waals surface area contributed by atoms with Gasteiger partial charge in [-0.3, -0.25) is 9.59 Å². The number of morpholine rings is 1. The van der Waals surface area contributed by atoms with Crippen LogP contribution in [0.4, 0.5) is 5.69 Å². The first-order valence-electron chi connectivity index (χ1n) is 11.2. The zero-order chi connectivity index (χ0) is 23.4. The molecule has 0 bridgehead atoms. The Morgan fingerprint density at radius 3 is 2.22 bits per heavy atom. The average Bonchev–Trinajstić information content (AvgIpc) is 2.78. The van der Waals surface area contributed by atoms with Gasteiger partial charge in [-0.2, -0.15) is 4.31 Å². The molecule has 2 fully saturated rings. The van der Waals surface area contributed by atoms with Gasteiger partial charge in [-0.1, -0.05) is 20.8 Å². The van der Waals surface area contributed by atoms with Crippen molar-refractivity contribution < 1.29 is 27.5 Å². The second-order valence-electron chi connectivity index (χ2n) is 9.61. The summed E-state index contributed by atoms with van der Waals surface area (Å²) in [6.07, 6.45) is 3.58. The number of esters is 1. The van der Waals surface area contributed by atoms with Gasteiger partial charge in [0.1, 0.15) is 0 Å². The van der Waals surface area contributed by atoms with Crippen molar-refractivity contribution in [2.24, 2.45) is 17.3 Å². The molecular weight excluding hydrogens is 432 g/mol. The van der Waals surface area contributed by atoms with E-state index in [4.69, 9.17) is 9.47 Å². The molecule has 1 heterocycles. The Morgan fingerprint density at radius 1 is 1.06 bits per heavy atom. The number of rotatable bonds is 6. The summed E-state index contributed by atoms with van der Waals surface area (Å²) >= 11 is 0. The van der Waals surface area contributed by atoms with Crippen LogP contribution in [0.1, 0.15) is 46.5 Å². The maximum Gasteiger partial charge on any atom is 0.309 e. The normalized spacial score (nSPS) is 22.8. The maximum absolute atomic E-state index is 12.6. The van der Waals surface area contributed by atoms with E-state index in [0.29, 0.717) is 37.9 Å². The number of carbonyl (C=O) groups is 2. The first kappa shape index (κ1) is 24.7. The van der Waals surface area contributed by atoms with E-state index in [-0.39, 0.29) is 28.8 Å². The molecule has 1 saturated carbocycles. The second kappa shape index (κ2) is 10.3. The monoisotopic (exact) mass is 466 g/mol. The summed E-state index contributed by atoms with van der Waals surface area (Å²) in [5, 5.41) is 2.64. The fraction of sp³-hybridized carbons (Fsp3) is 0.652. The summed E-state index contributed by atoms with van der Waals surface area (Å²) in [6, 6.07) is 5.97. The lowest BCUT2D eigenvalue weighted by atomic mass is 9.70. The largest absolute Gasteiger partial charge is 0.455 e. The molecule has 1 aliphatic heterocycles. The molecule has 1 amide bonds. The first-order chi connectivity index (χ1) is 15.1. The Balaban J connectivity index is 1.45. The molecule has 3 rings (SSSR count). The van der Waals surface area contributed by atoms with Gasteiger partial charge < -0.3 is 14.8 Å². The highest BCUT2D eigenvalue weighted by Gasteiger charge is 2.33. The zero-order valence-corrected chi connectivity index (χ0v) is 19.9. The van der Waals surface area contributed by atoms with Gasteiger partial charge in [0.15, 0.2) is 6.61 Å². The molecule has 1 N–H and O–H groups in total. The lowest BCUT2D eigenvalue weighted by molar-refractivity contribution is -0.153. The fourth-order valence-electron chi connectivity index (χ4n) is 4.29. The standard InChI is InChI=1S/C23H34N2O6S/c1-23(2,3)18-6-4-17(5-7-18)22(27)31-16-21(26)24-19-8-10-20(11-9-19)32(28,29)25-12-14-30-15-13-25/h8-11,17-18H,4-7,12-16H2,1-3H3,(H,24,26). The molecular formula is C23H34N2O6S. The van der Waals surface area contributed by atoms with Gasteiger partial charge in [-0.25, -0.2) is 8.42 Å². The summed E-state index contributed by atoms with van der Waals surface area (Å²) < 4.78 is 37.1. The van der Waals surface area contributed by atoms with Gasteiger partial charge >= 0.3 is 5.97 Å². The van der Waals surface area contributed by atoms with E-state index in [9.17, 15) is 18.0 Å². The highest BCUT2D eigenvalue weighted by atomic mass is 32.2. The Morgan fingerprint density at radius 2 is 1.66 bits per heavy atom. The molecule has 8 nitrogen and oxygen atoms in total. The van der Waals surface area contributed by atoms with Crippen LogP contribution in [-0.2, 0) is 29.1 Å². The summed E-state index contributed by atoms with van der Waals surface area (Å²) in [4.78, 5) is 24.7. The zero-order valence-electron chi connectivity index (χ0n) is 19.1. The molecule has 32 heavy (non-hydrogen) atoms. The van der Waals surface area contributed by atoms with Crippen LogP contribution in [0, 0.1) is 17.3 Å². The first-order valence-corrected chi connectivity index (χ1v) is 12.7. The number of hydrogen-bond donors (Lipinski definition) is 1. The summed E-state index contributed by atoms with van der Waals surface area (Å²) in [5.41, 5.74) is 0.684. The van der Waals surface area contributed by atoms with E-state index < -0.39 is 15.9 Å². The minimum Gasteiger partial charge on any atom is -0.455 e. The highest BCUT2D eigenvalue weighted by Crippen LogP contribution is 2.40. The van der Waals surface area contributed by atoms with E-state index in [0.717, 1.165) is 25.7 Å². The van der Waals surface area contributed by atoms with Gasteiger partial charge in [0.05, 0.1) is 24.0 Å². The predicted octanol–water partition coefficient (Wildman–Crippen LogP) is 3.04. The van der Waals surface area contributed by atoms with Crippen molar-refractivity contribution >= 4 is 27.6 Å². The van der Waals surface area contributed by atoms with Crippen LogP contribution >= 0.6 is 0 Å². The molecule has 0 radical (unpaired) electrons. The molecule has 1 aromatic carbocycles. The lowest BCUT2D eigenvalue weighted by Gasteiger charge is -2.36. The molecule has 2 aliphatic rings. The van der Waals surface area contributed by atoms with Crippen molar-refractivity contribution in [2.45, 2.75) is 51.3 Å². The number of nitrogens with zero attached hydrogens (tertiary/aromatic N) is 1.